The normalized spacial score (nSPS) is 26.7. The number of benzene rings is 2. The highest BCUT2D eigenvalue weighted by atomic mass is 35.5. The standard InChI is InChI=1S/C21H23NO5.ClH/c23-20(24)17-8-12-3-1-2-4-13(12)10-19(17)27-16-6-5-14-11-22-18(21(25)26)9-15(14)7-16;/h1-4,8,10,14-16,18,22H,5-7,9,11H2,(H,23,24)(H,25,26);1H/t14-,15+,16-,18-;/m0./s1. The van der Waals surface area contributed by atoms with Gasteiger partial charge in [-0.2, -0.15) is 0 Å². The molecule has 28 heavy (non-hydrogen) atoms. The maximum absolute atomic E-state index is 11.7. The lowest BCUT2D eigenvalue weighted by molar-refractivity contribution is -0.141. The number of ether oxygens (including phenoxy) is 1. The van der Waals surface area contributed by atoms with Gasteiger partial charge >= 0.3 is 11.9 Å². The van der Waals surface area contributed by atoms with Gasteiger partial charge in [0.2, 0.25) is 0 Å². The van der Waals surface area contributed by atoms with Crippen LogP contribution in [-0.4, -0.2) is 40.8 Å². The summed E-state index contributed by atoms with van der Waals surface area (Å²) in [6.45, 7) is 0.727. The van der Waals surface area contributed by atoms with Crippen molar-refractivity contribution in [1.29, 1.82) is 0 Å². The Kier molecular flexibility index (Phi) is 6.10. The van der Waals surface area contributed by atoms with Gasteiger partial charge in [-0.1, -0.05) is 24.3 Å². The van der Waals surface area contributed by atoms with Crippen LogP contribution in [0.25, 0.3) is 10.8 Å². The molecule has 1 aliphatic heterocycles. The minimum absolute atomic E-state index is 0. The van der Waals surface area contributed by atoms with Crippen molar-refractivity contribution in [1.82, 2.24) is 5.32 Å². The summed E-state index contributed by atoms with van der Waals surface area (Å²) >= 11 is 0. The Morgan fingerprint density at radius 2 is 1.71 bits per heavy atom. The van der Waals surface area contributed by atoms with Crippen molar-refractivity contribution in [3.8, 4) is 5.75 Å². The highest BCUT2D eigenvalue weighted by Crippen LogP contribution is 2.38. The van der Waals surface area contributed by atoms with Crippen LogP contribution in [0.4, 0.5) is 0 Å². The number of nitrogens with one attached hydrogen (secondary N) is 1. The van der Waals surface area contributed by atoms with Gasteiger partial charge in [0, 0.05) is 0 Å². The zero-order chi connectivity index (χ0) is 19.0. The third-order valence-corrected chi connectivity index (χ3v) is 5.93. The van der Waals surface area contributed by atoms with Crippen LogP contribution in [0, 0.1) is 11.8 Å². The number of aromatic carboxylic acids is 1. The van der Waals surface area contributed by atoms with E-state index in [-0.39, 0.29) is 24.1 Å². The van der Waals surface area contributed by atoms with Crippen LogP contribution >= 0.6 is 12.4 Å². The Labute approximate surface area is 169 Å². The van der Waals surface area contributed by atoms with Crippen LogP contribution in [0.5, 0.6) is 5.75 Å². The van der Waals surface area contributed by atoms with E-state index in [0.717, 1.165) is 36.6 Å². The Balaban J connectivity index is 0.00000225. The first kappa shape index (κ1) is 20.4. The molecule has 7 heteroatoms. The van der Waals surface area contributed by atoms with Gasteiger partial charge in [0.1, 0.15) is 17.4 Å². The number of hydrogen-bond acceptors (Lipinski definition) is 4. The van der Waals surface area contributed by atoms with Crippen molar-refractivity contribution in [2.24, 2.45) is 11.8 Å². The summed E-state index contributed by atoms with van der Waals surface area (Å²) in [6.07, 6.45) is 3.10. The molecule has 4 rings (SSSR count). The van der Waals surface area contributed by atoms with E-state index in [9.17, 15) is 19.8 Å². The van der Waals surface area contributed by atoms with Gasteiger partial charge in [-0.05, 0) is 67.0 Å². The lowest BCUT2D eigenvalue weighted by atomic mass is 9.72. The summed E-state index contributed by atoms with van der Waals surface area (Å²) in [6, 6.07) is 10.6. The highest BCUT2D eigenvalue weighted by molar-refractivity contribution is 5.97. The zero-order valence-corrected chi connectivity index (χ0v) is 16.2. The number of rotatable bonds is 4. The molecule has 150 valence electrons. The van der Waals surface area contributed by atoms with Crippen molar-refractivity contribution in [2.45, 2.75) is 37.8 Å². The number of hydrogen-bond donors (Lipinski definition) is 3. The second-order valence-corrected chi connectivity index (χ2v) is 7.61. The summed E-state index contributed by atoms with van der Waals surface area (Å²) < 4.78 is 6.15. The lowest BCUT2D eigenvalue weighted by Gasteiger charge is -2.41. The number of piperidine rings is 1. The topological polar surface area (TPSA) is 95.9 Å². The molecule has 1 aliphatic carbocycles. The molecule has 0 radical (unpaired) electrons. The molecule has 2 fully saturated rings. The maximum Gasteiger partial charge on any atom is 0.339 e. The molecule has 1 saturated carbocycles. The number of fused-ring (bicyclic) bond motifs is 2. The first-order valence-electron chi connectivity index (χ1n) is 9.40. The summed E-state index contributed by atoms with van der Waals surface area (Å²) in [5.74, 6) is -0.652. The van der Waals surface area contributed by atoms with E-state index in [4.69, 9.17) is 4.74 Å². The molecule has 0 amide bonds. The fourth-order valence-electron chi connectivity index (χ4n) is 4.48. The predicted molar refractivity (Wildman–Crippen MR) is 107 cm³/mol. The molecule has 0 bridgehead atoms. The Hall–Kier alpha value is -2.31. The predicted octanol–water partition coefficient (Wildman–Crippen LogP) is 3.57. The average Bonchev–Trinajstić information content (AvgIpc) is 2.66. The van der Waals surface area contributed by atoms with Crippen LogP contribution in [0.3, 0.4) is 0 Å². The number of aliphatic carboxylic acids is 1. The van der Waals surface area contributed by atoms with Gasteiger partial charge < -0.3 is 20.3 Å². The third-order valence-electron chi connectivity index (χ3n) is 5.93. The highest BCUT2D eigenvalue weighted by Gasteiger charge is 2.38. The molecule has 0 unspecified atom stereocenters. The van der Waals surface area contributed by atoms with E-state index in [1.165, 1.54) is 0 Å². The van der Waals surface area contributed by atoms with Gasteiger partial charge in [-0.3, -0.25) is 4.79 Å². The van der Waals surface area contributed by atoms with Crippen molar-refractivity contribution in [3.05, 3.63) is 42.0 Å². The van der Waals surface area contributed by atoms with E-state index in [1.54, 1.807) is 12.1 Å². The Morgan fingerprint density at radius 1 is 1.00 bits per heavy atom. The lowest BCUT2D eigenvalue weighted by Crippen LogP contribution is -2.50. The van der Waals surface area contributed by atoms with Crippen LogP contribution < -0.4 is 10.1 Å². The Bertz CT molecular complexity index is 886. The van der Waals surface area contributed by atoms with Gasteiger partial charge in [0.05, 0.1) is 6.10 Å². The fraction of sp³-hybridized carbons (Fsp3) is 0.429. The molecule has 2 aliphatic rings. The molecule has 4 atom stereocenters. The summed E-state index contributed by atoms with van der Waals surface area (Å²) in [5.41, 5.74) is 0.171. The first-order chi connectivity index (χ1) is 13.0. The van der Waals surface area contributed by atoms with Gasteiger partial charge in [0.15, 0.2) is 0 Å². The molecule has 2 aromatic carbocycles. The Morgan fingerprint density at radius 3 is 2.39 bits per heavy atom. The zero-order valence-electron chi connectivity index (χ0n) is 15.3. The summed E-state index contributed by atoms with van der Waals surface area (Å²) in [5, 5.41) is 23.8. The second kappa shape index (κ2) is 8.37. The van der Waals surface area contributed by atoms with Crippen LogP contribution in [0.1, 0.15) is 36.0 Å². The third kappa shape index (κ3) is 4.08. The van der Waals surface area contributed by atoms with E-state index in [2.05, 4.69) is 5.32 Å². The number of carboxylic acid groups (broad SMARTS) is 2. The van der Waals surface area contributed by atoms with E-state index < -0.39 is 18.0 Å². The van der Waals surface area contributed by atoms with E-state index >= 15 is 0 Å². The quantitative estimate of drug-likeness (QED) is 0.719. The van der Waals surface area contributed by atoms with Crippen molar-refractivity contribution >= 4 is 35.1 Å². The fourth-order valence-corrected chi connectivity index (χ4v) is 4.48. The number of carbonyl (C=O) groups is 2. The minimum atomic E-state index is -1.00. The van der Waals surface area contributed by atoms with E-state index in [1.807, 2.05) is 24.3 Å². The maximum atomic E-state index is 11.7. The van der Waals surface area contributed by atoms with E-state index in [0.29, 0.717) is 24.0 Å². The molecular formula is C21H24ClNO5. The molecule has 3 N–H and O–H groups in total. The molecule has 1 saturated heterocycles. The van der Waals surface area contributed by atoms with Crippen molar-refractivity contribution < 1.29 is 24.5 Å². The first-order valence-corrected chi connectivity index (χ1v) is 9.40. The number of halogens is 1. The molecule has 6 nitrogen and oxygen atoms in total. The molecule has 0 aromatic heterocycles. The van der Waals surface area contributed by atoms with Gasteiger partial charge in [-0.15, -0.1) is 12.4 Å². The second-order valence-electron chi connectivity index (χ2n) is 7.61. The van der Waals surface area contributed by atoms with Crippen molar-refractivity contribution in [2.75, 3.05) is 6.54 Å². The largest absolute Gasteiger partial charge is 0.489 e. The van der Waals surface area contributed by atoms with Crippen molar-refractivity contribution in [3.63, 3.8) is 0 Å². The monoisotopic (exact) mass is 405 g/mol. The van der Waals surface area contributed by atoms with Crippen LogP contribution in [-0.2, 0) is 4.79 Å². The average molecular weight is 406 g/mol. The summed E-state index contributed by atoms with van der Waals surface area (Å²) in [7, 11) is 0. The summed E-state index contributed by atoms with van der Waals surface area (Å²) in [4.78, 5) is 23.0. The van der Waals surface area contributed by atoms with Gasteiger partial charge in [-0.25, -0.2) is 4.79 Å². The smallest absolute Gasteiger partial charge is 0.339 e. The number of carboxylic acids is 2. The molecule has 2 aromatic rings. The van der Waals surface area contributed by atoms with Crippen LogP contribution in [0.15, 0.2) is 36.4 Å². The SMILES string of the molecule is Cl.O=C(O)c1cc2ccccc2cc1O[C@H]1CC[C@H]2CN[C@H](C(=O)O)C[C@H]2C1. The van der Waals surface area contributed by atoms with Crippen LogP contribution in [0.2, 0.25) is 0 Å². The molecule has 1 heterocycles. The van der Waals surface area contributed by atoms with Gasteiger partial charge in [0.25, 0.3) is 0 Å². The molecule has 0 spiro atoms. The minimum Gasteiger partial charge on any atom is -0.489 e. The molecular weight excluding hydrogens is 382 g/mol.